The van der Waals surface area contributed by atoms with Crippen LogP contribution >= 0.6 is 11.6 Å². The third-order valence-electron chi connectivity index (χ3n) is 3.58. The number of hydrogen-bond acceptors (Lipinski definition) is 5. The first-order valence-corrected chi connectivity index (χ1v) is 7.56. The van der Waals surface area contributed by atoms with E-state index < -0.39 is 11.0 Å². The summed E-state index contributed by atoms with van der Waals surface area (Å²) in [5, 5.41) is 18.3. The van der Waals surface area contributed by atoms with Crippen LogP contribution < -0.4 is 5.73 Å². The molecule has 1 heterocycles. The molecule has 1 atom stereocenters. The lowest BCUT2D eigenvalue weighted by Gasteiger charge is -2.07. The largest absolute Gasteiger partial charge is 0.318 e. The molecule has 0 aliphatic carbocycles. The molecule has 0 fully saturated rings. The summed E-state index contributed by atoms with van der Waals surface area (Å²) in [6.07, 6.45) is 0.484. The highest BCUT2D eigenvalue weighted by atomic mass is 35.5. The Balaban J connectivity index is 1.73. The zero-order chi connectivity index (χ0) is 17.1. The fourth-order valence-corrected chi connectivity index (χ4v) is 2.40. The van der Waals surface area contributed by atoms with Crippen molar-refractivity contribution in [2.75, 3.05) is 0 Å². The van der Waals surface area contributed by atoms with Crippen LogP contribution in [0.3, 0.4) is 0 Å². The fraction of sp³-hybridized carbons (Fsp3) is 0.125. The highest BCUT2D eigenvalue weighted by Gasteiger charge is 2.15. The van der Waals surface area contributed by atoms with Gasteiger partial charge in [-0.2, -0.15) is 5.10 Å². The summed E-state index contributed by atoms with van der Waals surface area (Å²) in [5.41, 5.74) is 7.97. The van der Waals surface area contributed by atoms with Gasteiger partial charge in [-0.1, -0.05) is 35.9 Å². The quantitative estimate of drug-likeness (QED) is 0.546. The van der Waals surface area contributed by atoms with E-state index in [4.69, 9.17) is 17.3 Å². The Kier molecular flexibility index (Phi) is 4.54. The van der Waals surface area contributed by atoms with Gasteiger partial charge in [-0.3, -0.25) is 15.2 Å². The minimum Gasteiger partial charge on any atom is -0.318 e. The molecule has 0 aliphatic rings. The van der Waals surface area contributed by atoms with Crippen LogP contribution in [0.25, 0.3) is 0 Å². The van der Waals surface area contributed by atoms with Crippen LogP contribution in [-0.2, 0) is 6.42 Å². The molecule has 7 nitrogen and oxygen atoms in total. The number of nitro benzene ring substituents is 1. The number of nitro groups is 1. The molecule has 3 N–H and O–H groups in total. The van der Waals surface area contributed by atoms with Crippen molar-refractivity contribution >= 4 is 17.3 Å². The van der Waals surface area contributed by atoms with Gasteiger partial charge in [0.15, 0.2) is 5.82 Å². The molecule has 0 saturated heterocycles. The number of H-pyrrole nitrogens is 1. The van der Waals surface area contributed by atoms with Gasteiger partial charge >= 0.3 is 0 Å². The number of halogens is 1. The maximum absolute atomic E-state index is 10.7. The second-order valence-electron chi connectivity index (χ2n) is 5.27. The summed E-state index contributed by atoms with van der Waals surface area (Å²) in [6.45, 7) is 0. The van der Waals surface area contributed by atoms with Crippen molar-refractivity contribution in [2.45, 2.75) is 12.5 Å². The van der Waals surface area contributed by atoms with Gasteiger partial charge in [0.1, 0.15) is 5.82 Å². The van der Waals surface area contributed by atoms with Crippen LogP contribution in [0.4, 0.5) is 5.69 Å². The summed E-state index contributed by atoms with van der Waals surface area (Å²) < 4.78 is 0. The lowest BCUT2D eigenvalue weighted by molar-refractivity contribution is -0.384. The normalized spacial score (nSPS) is 12.1. The summed E-state index contributed by atoms with van der Waals surface area (Å²) in [6, 6.07) is 13.1. The van der Waals surface area contributed by atoms with Crippen LogP contribution in [-0.4, -0.2) is 20.1 Å². The van der Waals surface area contributed by atoms with E-state index >= 15 is 0 Å². The van der Waals surface area contributed by atoms with Crippen molar-refractivity contribution in [1.29, 1.82) is 0 Å². The number of aromatic amines is 1. The van der Waals surface area contributed by atoms with Crippen LogP contribution in [0.1, 0.15) is 28.8 Å². The predicted molar refractivity (Wildman–Crippen MR) is 89.8 cm³/mol. The van der Waals surface area contributed by atoms with Crippen molar-refractivity contribution in [3.63, 3.8) is 0 Å². The van der Waals surface area contributed by atoms with Crippen LogP contribution in [0.5, 0.6) is 0 Å². The van der Waals surface area contributed by atoms with Gasteiger partial charge in [-0.05, 0) is 23.3 Å². The molecule has 0 radical (unpaired) electrons. The first kappa shape index (κ1) is 16.1. The monoisotopic (exact) mass is 343 g/mol. The molecule has 8 heteroatoms. The first-order chi connectivity index (χ1) is 11.5. The van der Waals surface area contributed by atoms with E-state index in [2.05, 4.69) is 15.2 Å². The third-order valence-corrected chi connectivity index (χ3v) is 3.83. The number of nitrogens with one attached hydrogen (secondary N) is 1. The summed E-state index contributed by atoms with van der Waals surface area (Å²) in [7, 11) is 0. The number of rotatable bonds is 5. The van der Waals surface area contributed by atoms with E-state index in [0.29, 0.717) is 23.1 Å². The second-order valence-corrected chi connectivity index (χ2v) is 5.71. The number of non-ortho nitro benzene ring substituents is 1. The Morgan fingerprint density at radius 3 is 2.46 bits per heavy atom. The molecule has 0 unspecified atom stereocenters. The van der Waals surface area contributed by atoms with Gasteiger partial charge in [0, 0.05) is 23.6 Å². The van der Waals surface area contributed by atoms with Crippen molar-refractivity contribution < 1.29 is 4.92 Å². The molecule has 0 amide bonds. The number of nitrogens with zero attached hydrogens (tertiary/aromatic N) is 3. The average Bonchev–Trinajstić information content (AvgIpc) is 3.04. The highest BCUT2D eigenvalue weighted by Crippen LogP contribution is 2.19. The Bertz CT molecular complexity index is 846. The SMILES string of the molecule is N[C@@H](c1ccc(Cl)cc1)c1n[nH]c(Cc2ccc([N+](=O)[O-])cc2)n1. The smallest absolute Gasteiger partial charge is 0.269 e. The van der Waals surface area contributed by atoms with Gasteiger partial charge in [0.25, 0.3) is 5.69 Å². The van der Waals surface area contributed by atoms with Gasteiger partial charge in [-0.15, -0.1) is 0 Å². The Hall–Kier alpha value is -2.77. The molecule has 0 bridgehead atoms. The summed E-state index contributed by atoms with van der Waals surface area (Å²) in [5.74, 6) is 1.12. The van der Waals surface area contributed by atoms with E-state index in [-0.39, 0.29) is 5.69 Å². The minimum atomic E-state index is -0.455. The Labute approximate surface area is 142 Å². The van der Waals surface area contributed by atoms with Crippen molar-refractivity contribution in [3.8, 4) is 0 Å². The Morgan fingerprint density at radius 1 is 1.17 bits per heavy atom. The molecular formula is C16H14ClN5O2. The van der Waals surface area contributed by atoms with Crippen LogP contribution in [0.15, 0.2) is 48.5 Å². The topological polar surface area (TPSA) is 111 Å². The van der Waals surface area contributed by atoms with E-state index in [1.165, 1.54) is 12.1 Å². The first-order valence-electron chi connectivity index (χ1n) is 7.18. The van der Waals surface area contributed by atoms with Crippen molar-refractivity contribution in [3.05, 3.63) is 86.4 Å². The lowest BCUT2D eigenvalue weighted by Crippen LogP contribution is -2.13. The number of aromatic nitrogens is 3. The lowest BCUT2D eigenvalue weighted by atomic mass is 10.1. The standard InChI is InChI=1S/C16H14ClN5O2/c17-12-5-3-11(4-6-12)15(18)16-19-14(20-21-16)9-10-1-7-13(8-2-10)22(23)24/h1-8,15H,9,18H2,(H,19,20,21)/t15-/m0/s1. The van der Waals surface area contributed by atoms with Crippen LogP contribution in [0, 0.1) is 10.1 Å². The molecule has 0 spiro atoms. The zero-order valence-electron chi connectivity index (χ0n) is 12.5. The average molecular weight is 344 g/mol. The second kappa shape index (κ2) is 6.77. The number of hydrogen-bond donors (Lipinski definition) is 2. The van der Waals surface area contributed by atoms with Crippen molar-refractivity contribution in [1.82, 2.24) is 15.2 Å². The highest BCUT2D eigenvalue weighted by molar-refractivity contribution is 6.30. The maximum atomic E-state index is 10.7. The van der Waals surface area contributed by atoms with E-state index in [0.717, 1.165) is 11.1 Å². The predicted octanol–water partition coefficient (Wildman–Crippen LogP) is 3.01. The maximum Gasteiger partial charge on any atom is 0.269 e. The van der Waals surface area contributed by atoms with Gasteiger partial charge in [0.2, 0.25) is 0 Å². The summed E-state index contributed by atoms with van der Waals surface area (Å²) >= 11 is 5.87. The number of nitrogens with two attached hydrogens (primary N) is 1. The third kappa shape index (κ3) is 3.58. The van der Waals surface area contributed by atoms with E-state index in [9.17, 15) is 10.1 Å². The van der Waals surface area contributed by atoms with Gasteiger partial charge < -0.3 is 5.73 Å². The molecule has 24 heavy (non-hydrogen) atoms. The molecule has 3 rings (SSSR count). The number of benzene rings is 2. The van der Waals surface area contributed by atoms with Gasteiger partial charge in [0.05, 0.1) is 11.0 Å². The molecule has 122 valence electrons. The molecule has 2 aromatic carbocycles. The zero-order valence-corrected chi connectivity index (χ0v) is 13.3. The molecule has 1 aromatic heterocycles. The Morgan fingerprint density at radius 2 is 1.83 bits per heavy atom. The fourth-order valence-electron chi connectivity index (χ4n) is 2.28. The summed E-state index contributed by atoms with van der Waals surface area (Å²) in [4.78, 5) is 14.6. The van der Waals surface area contributed by atoms with Gasteiger partial charge in [-0.25, -0.2) is 4.98 Å². The molecular weight excluding hydrogens is 330 g/mol. The van der Waals surface area contributed by atoms with Crippen LogP contribution in [0.2, 0.25) is 5.02 Å². The molecule has 0 saturated carbocycles. The molecule has 0 aliphatic heterocycles. The van der Waals surface area contributed by atoms with Crippen molar-refractivity contribution in [2.24, 2.45) is 5.73 Å². The van der Waals surface area contributed by atoms with E-state index in [1.54, 1.807) is 24.3 Å². The molecule has 3 aromatic rings. The minimum absolute atomic E-state index is 0.0572. The van der Waals surface area contributed by atoms with E-state index in [1.807, 2.05) is 12.1 Å².